The zero-order chi connectivity index (χ0) is 7.98. The second kappa shape index (κ2) is 4.78. The van der Waals surface area contributed by atoms with Crippen LogP contribution in [0.15, 0.2) is 12.4 Å². The molecule has 1 atom stereocenters. The molecule has 0 radical (unpaired) electrons. The van der Waals surface area contributed by atoms with E-state index in [0.29, 0.717) is 0 Å². The van der Waals surface area contributed by atoms with E-state index in [1.165, 1.54) is 12.4 Å². The third-order valence-corrected chi connectivity index (χ3v) is 0.797. The molecule has 0 aromatic carbocycles. The molecular weight excluding hydrogens is 134 g/mol. The molecule has 1 amide bonds. The van der Waals surface area contributed by atoms with Crippen molar-refractivity contribution in [2.24, 2.45) is 5.73 Å². The van der Waals surface area contributed by atoms with Gasteiger partial charge in [0.1, 0.15) is 0 Å². The minimum absolute atomic E-state index is 0.300. The van der Waals surface area contributed by atoms with Gasteiger partial charge in [-0.1, -0.05) is 0 Å². The summed E-state index contributed by atoms with van der Waals surface area (Å²) < 4.78 is 0. The lowest BCUT2D eigenvalue weighted by Gasteiger charge is -2.01. The number of hydroxylamine groups is 1. The Kier molecular flexibility index (Phi) is 4.26. The van der Waals surface area contributed by atoms with Crippen molar-refractivity contribution in [2.75, 3.05) is 0 Å². The van der Waals surface area contributed by atoms with Crippen LogP contribution in [0.5, 0.6) is 0 Å². The first kappa shape index (κ1) is 8.93. The van der Waals surface area contributed by atoms with E-state index < -0.39 is 6.04 Å². The van der Waals surface area contributed by atoms with Crippen LogP contribution in [0.25, 0.3) is 0 Å². The Bertz CT molecular complexity index is 133. The molecule has 0 aromatic heterocycles. The molecular formula is C5H11N3O2. The van der Waals surface area contributed by atoms with Gasteiger partial charge in [0.25, 0.3) is 0 Å². The molecule has 0 aliphatic carbocycles. The molecule has 10 heavy (non-hydrogen) atoms. The fourth-order valence-electron chi connectivity index (χ4n) is 0.293. The van der Waals surface area contributed by atoms with Crippen LogP contribution in [0.2, 0.25) is 0 Å². The summed E-state index contributed by atoms with van der Waals surface area (Å²) in [5.41, 5.74) is 6.92. The van der Waals surface area contributed by atoms with Gasteiger partial charge in [-0.05, 0) is 6.92 Å². The molecule has 0 bridgehead atoms. The van der Waals surface area contributed by atoms with E-state index in [9.17, 15) is 4.79 Å². The van der Waals surface area contributed by atoms with Gasteiger partial charge in [0, 0.05) is 12.4 Å². The molecule has 0 aliphatic heterocycles. The molecule has 1 unspecified atom stereocenters. The van der Waals surface area contributed by atoms with Crippen molar-refractivity contribution >= 4 is 5.91 Å². The lowest BCUT2D eigenvalue weighted by molar-refractivity contribution is -0.121. The summed E-state index contributed by atoms with van der Waals surface area (Å²) in [7, 11) is 0. The second-order valence-corrected chi connectivity index (χ2v) is 1.76. The summed E-state index contributed by atoms with van der Waals surface area (Å²) in [6.07, 6.45) is 2.42. The van der Waals surface area contributed by atoms with Crippen LogP contribution in [-0.2, 0) is 4.79 Å². The molecule has 0 heterocycles. The highest BCUT2D eigenvalue weighted by atomic mass is 16.5. The average Bonchev–Trinajstić information content (AvgIpc) is 1.88. The number of hydrogen-bond donors (Lipinski definition) is 4. The van der Waals surface area contributed by atoms with E-state index in [2.05, 4.69) is 5.32 Å². The van der Waals surface area contributed by atoms with Crippen molar-refractivity contribution in [2.45, 2.75) is 13.0 Å². The third-order valence-electron chi connectivity index (χ3n) is 0.797. The van der Waals surface area contributed by atoms with Crippen LogP contribution in [0.1, 0.15) is 6.92 Å². The average molecular weight is 145 g/mol. The fraction of sp³-hybridized carbons (Fsp3) is 0.400. The van der Waals surface area contributed by atoms with Gasteiger partial charge >= 0.3 is 0 Å². The minimum atomic E-state index is -0.539. The molecule has 0 aliphatic rings. The van der Waals surface area contributed by atoms with Crippen LogP contribution in [0, 0.1) is 0 Å². The maximum absolute atomic E-state index is 10.6. The zero-order valence-electron chi connectivity index (χ0n) is 5.66. The van der Waals surface area contributed by atoms with E-state index in [4.69, 9.17) is 10.9 Å². The lowest BCUT2D eigenvalue weighted by atomic mass is 10.3. The van der Waals surface area contributed by atoms with E-state index >= 15 is 0 Å². The van der Waals surface area contributed by atoms with Crippen LogP contribution >= 0.6 is 0 Å². The Balaban J connectivity index is 3.49. The number of hydrogen-bond acceptors (Lipinski definition) is 4. The SMILES string of the molecule is CC(N)C(=O)N/C=C/NO. The van der Waals surface area contributed by atoms with Crippen molar-refractivity contribution < 1.29 is 10.0 Å². The molecule has 0 rings (SSSR count). The highest BCUT2D eigenvalue weighted by Crippen LogP contribution is 1.73. The van der Waals surface area contributed by atoms with Gasteiger partial charge in [-0.15, -0.1) is 0 Å². The lowest BCUT2D eigenvalue weighted by Crippen LogP contribution is -2.35. The largest absolute Gasteiger partial charge is 0.330 e. The Labute approximate surface area is 58.9 Å². The maximum Gasteiger partial charge on any atom is 0.240 e. The van der Waals surface area contributed by atoms with Crippen LogP contribution in [-0.4, -0.2) is 17.2 Å². The third kappa shape index (κ3) is 3.88. The summed E-state index contributed by atoms with van der Waals surface area (Å²) in [5, 5.41) is 10.3. The number of nitrogens with two attached hydrogens (primary N) is 1. The van der Waals surface area contributed by atoms with Crippen molar-refractivity contribution in [1.82, 2.24) is 10.8 Å². The molecule has 5 nitrogen and oxygen atoms in total. The Morgan fingerprint density at radius 2 is 2.30 bits per heavy atom. The smallest absolute Gasteiger partial charge is 0.240 e. The molecule has 0 aromatic rings. The van der Waals surface area contributed by atoms with Crippen molar-refractivity contribution in [3.63, 3.8) is 0 Å². The maximum atomic E-state index is 10.6. The normalized spacial score (nSPS) is 13.1. The van der Waals surface area contributed by atoms with Gasteiger partial charge in [0.15, 0.2) is 0 Å². The first-order valence-electron chi connectivity index (χ1n) is 2.79. The molecule has 0 saturated heterocycles. The summed E-state index contributed by atoms with van der Waals surface area (Å²) in [4.78, 5) is 10.6. The molecule has 58 valence electrons. The van der Waals surface area contributed by atoms with Gasteiger partial charge in [0.2, 0.25) is 5.91 Å². The van der Waals surface area contributed by atoms with Gasteiger partial charge < -0.3 is 11.1 Å². The summed E-state index contributed by atoms with van der Waals surface area (Å²) in [5.74, 6) is -0.300. The standard InChI is InChI=1S/C5H11N3O2/c1-4(6)5(9)7-2-3-8-10/h2-4,8,10H,6H2,1H3,(H,7,9)/b3-2+. The van der Waals surface area contributed by atoms with E-state index in [0.717, 1.165) is 0 Å². The van der Waals surface area contributed by atoms with E-state index in [-0.39, 0.29) is 5.91 Å². The fourth-order valence-corrected chi connectivity index (χ4v) is 0.293. The second-order valence-electron chi connectivity index (χ2n) is 1.76. The minimum Gasteiger partial charge on any atom is -0.330 e. The van der Waals surface area contributed by atoms with Gasteiger partial charge in [-0.25, -0.2) is 0 Å². The van der Waals surface area contributed by atoms with Crippen molar-refractivity contribution in [1.29, 1.82) is 0 Å². The van der Waals surface area contributed by atoms with Crippen LogP contribution in [0.3, 0.4) is 0 Å². The van der Waals surface area contributed by atoms with E-state index in [1.807, 2.05) is 0 Å². The summed E-state index contributed by atoms with van der Waals surface area (Å²) in [6, 6.07) is -0.539. The molecule has 0 fully saturated rings. The number of nitrogens with one attached hydrogen (secondary N) is 2. The first-order valence-corrected chi connectivity index (χ1v) is 2.79. The molecule has 0 spiro atoms. The van der Waals surface area contributed by atoms with Gasteiger partial charge in [-0.3, -0.25) is 15.5 Å². The Morgan fingerprint density at radius 1 is 1.70 bits per heavy atom. The predicted octanol–water partition coefficient (Wildman–Crippen LogP) is -1.10. The highest BCUT2D eigenvalue weighted by molar-refractivity contribution is 5.81. The molecule has 5 N–H and O–H groups in total. The van der Waals surface area contributed by atoms with Gasteiger partial charge in [0.05, 0.1) is 6.04 Å². The van der Waals surface area contributed by atoms with Crippen LogP contribution < -0.4 is 16.5 Å². The monoisotopic (exact) mass is 145 g/mol. The van der Waals surface area contributed by atoms with Gasteiger partial charge in [-0.2, -0.15) is 0 Å². The van der Waals surface area contributed by atoms with E-state index in [1.54, 1.807) is 12.4 Å². The number of rotatable bonds is 3. The Morgan fingerprint density at radius 3 is 2.70 bits per heavy atom. The Hall–Kier alpha value is -1.07. The molecule has 0 saturated carbocycles. The first-order chi connectivity index (χ1) is 4.68. The van der Waals surface area contributed by atoms with Crippen molar-refractivity contribution in [3.8, 4) is 0 Å². The highest BCUT2D eigenvalue weighted by Gasteiger charge is 2.02. The molecule has 5 heteroatoms. The number of amides is 1. The predicted molar refractivity (Wildman–Crippen MR) is 35.9 cm³/mol. The number of carbonyl (C=O) groups excluding carboxylic acids is 1. The quantitative estimate of drug-likeness (QED) is 0.380. The topological polar surface area (TPSA) is 87.4 Å². The van der Waals surface area contributed by atoms with Crippen LogP contribution in [0.4, 0.5) is 0 Å². The summed E-state index contributed by atoms with van der Waals surface area (Å²) >= 11 is 0. The zero-order valence-corrected chi connectivity index (χ0v) is 5.66. The number of carbonyl (C=O) groups is 1. The summed E-state index contributed by atoms with van der Waals surface area (Å²) in [6.45, 7) is 1.57. The van der Waals surface area contributed by atoms with Crippen molar-refractivity contribution in [3.05, 3.63) is 12.4 Å².